The molecule has 9 heteroatoms. The Morgan fingerprint density at radius 3 is 2.93 bits per heavy atom. The highest BCUT2D eigenvalue weighted by atomic mass is 16.5. The second-order valence-electron chi connectivity index (χ2n) is 7.06. The van der Waals surface area contributed by atoms with Gasteiger partial charge in [-0.25, -0.2) is 15.0 Å². The van der Waals surface area contributed by atoms with Crippen LogP contribution >= 0.6 is 0 Å². The van der Waals surface area contributed by atoms with Gasteiger partial charge in [-0.3, -0.25) is 4.40 Å². The average molecular weight is 374 g/mol. The largest absolute Gasteiger partial charge is 0.473 e. The highest BCUT2D eigenvalue weighted by Gasteiger charge is 2.38. The van der Waals surface area contributed by atoms with E-state index in [0.717, 1.165) is 41.9 Å². The topological polar surface area (TPSA) is 118 Å². The van der Waals surface area contributed by atoms with Gasteiger partial charge in [-0.1, -0.05) is 13.3 Å². The van der Waals surface area contributed by atoms with Gasteiger partial charge < -0.3 is 9.72 Å². The predicted molar refractivity (Wildman–Crippen MR) is 99.6 cm³/mol. The van der Waals surface area contributed by atoms with Crippen LogP contribution in [0.4, 0.5) is 0 Å². The van der Waals surface area contributed by atoms with Gasteiger partial charge in [0.05, 0.1) is 24.1 Å². The van der Waals surface area contributed by atoms with E-state index in [9.17, 15) is 0 Å². The molecule has 1 N–H and O–H groups in total. The molecule has 0 amide bonds. The minimum atomic E-state index is 0.0214. The summed E-state index contributed by atoms with van der Waals surface area (Å²) in [4.78, 5) is 15.8. The summed E-state index contributed by atoms with van der Waals surface area (Å²) >= 11 is 0. The molecule has 1 saturated carbocycles. The highest BCUT2D eigenvalue weighted by molar-refractivity contribution is 5.74. The second kappa shape index (κ2) is 6.56. The Kier molecular flexibility index (Phi) is 3.90. The molecule has 1 aliphatic rings. The van der Waals surface area contributed by atoms with Crippen molar-refractivity contribution in [3.63, 3.8) is 0 Å². The first kappa shape index (κ1) is 16.6. The molecule has 0 aromatic carbocycles. The van der Waals surface area contributed by atoms with E-state index in [-0.39, 0.29) is 17.7 Å². The third-order valence-corrected chi connectivity index (χ3v) is 5.50. The van der Waals surface area contributed by atoms with E-state index in [4.69, 9.17) is 10.00 Å². The predicted octanol–water partition coefficient (Wildman–Crippen LogP) is 2.62. The lowest BCUT2D eigenvalue weighted by Gasteiger charge is -2.15. The Hall–Kier alpha value is -3.54. The van der Waals surface area contributed by atoms with Crippen molar-refractivity contribution in [2.24, 2.45) is 5.92 Å². The fourth-order valence-corrected chi connectivity index (χ4v) is 4.18. The van der Waals surface area contributed by atoms with E-state index in [1.807, 2.05) is 18.3 Å². The van der Waals surface area contributed by atoms with Gasteiger partial charge in [-0.2, -0.15) is 5.26 Å². The standard InChI is InChI=1S/C19H18N8O/c1-2-11-5-13(28-17-10-22-12(7-20)8-23-17)6-14(11)19-26-25-16-9-24-18-15(27(16)19)3-4-21-18/h3-4,8-11,13-14,21H,2,5-6H2,1H3. The summed E-state index contributed by atoms with van der Waals surface area (Å²) < 4.78 is 8.15. The molecule has 1 fully saturated rings. The molecule has 28 heavy (non-hydrogen) atoms. The summed E-state index contributed by atoms with van der Waals surface area (Å²) in [6.45, 7) is 2.19. The van der Waals surface area contributed by atoms with Crippen LogP contribution in [0.1, 0.15) is 43.6 Å². The number of hydrogen-bond donors (Lipinski definition) is 1. The minimum absolute atomic E-state index is 0.0214. The lowest BCUT2D eigenvalue weighted by atomic mass is 9.93. The SMILES string of the molecule is CCC1CC(Oc2cnc(C#N)cn2)CC1c1nnc2cnc3[nH]ccc3n12. The van der Waals surface area contributed by atoms with Gasteiger partial charge in [-0.15, -0.1) is 10.2 Å². The Bertz CT molecular complexity index is 1170. The van der Waals surface area contributed by atoms with Crippen molar-refractivity contribution < 1.29 is 4.74 Å². The zero-order chi connectivity index (χ0) is 19.1. The van der Waals surface area contributed by atoms with Crippen molar-refractivity contribution >= 4 is 16.8 Å². The molecule has 0 bridgehead atoms. The fourth-order valence-electron chi connectivity index (χ4n) is 4.18. The molecule has 0 aliphatic heterocycles. The van der Waals surface area contributed by atoms with Gasteiger partial charge in [-0.05, 0) is 24.8 Å². The normalized spacial score (nSPS) is 21.9. The van der Waals surface area contributed by atoms with Crippen LogP contribution in [-0.4, -0.2) is 40.6 Å². The Labute approximate surface area is 160 Å². The van der Waals surface area contributed by atoms with Gasteiger partial charge in [0.15, 0.2) is 17.0 Å². The van der Waals surface area contributed by atoms with Crippen molar-refractivity contribution in [2.45, 2.75) is 38.2 Å². The van der Waals surface area contributed by atoms with Crippen molar-refractivity contribution in [1.29, 1.82) is 5.26 Å². The number of nitrogens with zero attached hydrogens (tertiary/aromatic N) is 7. The fraction of sp³-hybridized carbons (Fsp3) is 0.368. The summed E-state index contributed by atoms with van der Waals surface area (Å²) in [5, 5.41) is 17.7. The number of nitriles is 1. The Balaban J connectivity index is 1.46. The van der Waals surface area contributed by atoms with E-state index in [2.05, 4.69) is 41.5 Å². The van der Waals surface area contributed by atoms with Crippen LogP contribution in [0.25, 0.3) is 16.8 Å². The first-order valence-electron chi connectivity index (χ1n) is 9.32. The molecule has 4 aromatic rings. The first-order chi connectivity index (χ1) is 13.8. The van der Waals surface area contributed by atoms with E-state index >= 15 is 0 Å². The summed E-state index contributed by atoms with van der Waals surface area (Å²) in [6.07, 6.45) is 9.35. The molecule has 3 atom stereocenters. The quantitative estimate of drug-likeness (QED) is 0.583. The average Bonchev–Trinajstić information content (AvgIpc) is 3.45. The zero-order valence-electron chi connectivity index (χ0n) is 15.3. The third kappa shape index (κ3) is 2.65. The van der Waals surface area contributed by atoms with Gasteiger partial charge in [0, 0.05) is 12.1 Å². The van der Waals surface area contributed by atoms with E-state index < -0.39 is 0 Å². The first-order valence-corrected chi connectivity index (χ1v) is 9.32. The third-order valence-electron chi connectivity index (χ3n) is 5.50. The zero-order valence-corrected chi connectivity index (χ0v) is 15.3. The molecule has 140 valence electrons. The molecular weight excluding hydrogens is 356 g/mol. The molecule has 3 unspecified atom stereocenters. The monoisotopic (exact) mass is 374 g/mol. The summed E-state index contributed by atoms with van der Waals surface area (Å²) in [6, 6.07) is 3.96. The number of hydrogen-bond acceptors (Lipinski definition) is 7. The maximum atomic E-state index is 8.85. The smallest absolute Gasteiger partial charge is 0.232 e. The summed E-state index contributed by atoms with van der Waals surface area (Å²) in [5.41, 5.74) is 2.83. The molecule has 0 spiro atoms. The van der Waals surface area contributed by atoms with E-state index in [1.165, 1.54) is 12.4 Å². The molecule has 4 aromatic heterocycles. The van der Waals surface area contributed by atoms with Crippen molar-refractivity contribution in [3.8, 4) is 11.9 Å². The van der Waals surface area contributed by atoms with Gasteiger partial charge in [0.25, 0.3) is 0 Å². The van der Waals surface area contributed by atoms with Crippen molar-refractivity contribution in [1.82, 2.24) is 34.5 Å². The van der Waals surface area contributed by atoms with Crippen LogP contribution in [0.15, 0.2) is 30.9 Å². The number of rotatable bonds is 4. The van der Waals surface area contributed by atoms with Crippen LogP contribution in [0.3, 0.4) is 0 Å². The number of nitrogens with one attached hydrogen (secondary N) is 1. The van der Waals surface area contributed by atoms with Crippen LogP contribution in [0.2, 0.25) is 0 Å². The Morgan fingerprint density at radius 2 is 2.14 bits per heavy atom. The van der Waals surface area contributed by atoms with Crippen molar-refractivity contribution in [3.05, 3.63) is 42.4 Å². The van der Waals surface area contributed by atoms with Crippen LogP contribution in [-0.2, 0) is 0 Å². The lowest BCUT2D eigenvalue weighted by Crippen LogP contribution is -2.13. The van der Waals surface area contributed by atoms with E-state index in [0.29, 0.717) is 11.8 Å². The molecular formula is C19H18N8O. The molecule has 0 radical (unpaired) electrons. The maximum absolute atomic E-state index is 8.85. The molecule has 5 rings (SSSR count). The lowest BCUT2D eigenvalue weighted by molar-refractivity contribution is 0.194. The number of fused-ring (bicyclic) bond motifs is 3. The molecule has 4 heterocycles. The van der Waals surface area contributed by atoms with Gasteiger partial charge in [0.2, 0.25) is 5.88 Å². The van der Waals surface area contributed by atoms with E-state index in [1.54, 1.807) is 6.20 Å². The summed E-state index contributed by atoms with van der Waals surface area (Å²) in [7, 11) is 0. The Morgan fingerprint density at radius 1 is 1.21 bits per heavy atom. The maximum Gasteiger partial charge on any atom is 0.232 e. The molecule has 1 aliphatic carbocycles. The van der Waals surface area contributed by atoms with Crippen LogP contribution in [0.5, 0.6) is 5.88 Å². The number of aromatic amines is 1. The van der Waals surface area contributed by atoms with Crippen LogP contribution < -0.4 is 4.74 Å². The number of aromatic nitrogens is 7. The van der Waals surface area contributed by atoms with Crippen LogP contribution in [0, 0.1) is 17.2 Å². The highest BCUT2D eigenvalue weighted by Crippen LogP contribution is 2.42. The number of ether oxygens (including phenoxy) is 1. The molecule has 0 saturated heterocycles. The summed E-state index contributed by atoms with van der Waals surface area (Å²) in [5.74, 6) is 2.07. The van der Waals surface area contributed by atoms with Gasteiger partial charge >= 0.3 is 0 Å². The minimum Gasteiger partial charge on any atom is -0.473 e. The second-order valence-corrected chi connectivity index (χ2v) is 7.06. The van der Waals surface area contributed by atoms with Gasteiger partial charge in [0.1, 0.15) is 18.0 Å². The number of H-pyrrole nitrogens is 1. The molecule has 9 nitrogen and oxygen atoms in total. The van der Waals surface area contributed by atoms with Crippen molar-refractivity contribution in [2.75, 3.05) is 0 Å².